The summed E-state index contributed by atoms with van der Waals surface area (Å²) in [5.41, 5.74) is 1.32. The van der Waals surface area contributed by atoms with Gasteiger partial charge in [0.15, 0.2) is 0 Å². The molecule has 1 aliphatic heterocycles. The Labute approximate surface area is 108 Å². The van der Waals surface area contributed by atoms with Crippen LogP contribution >= 0.6 is 0 Å². The molecule has 98 valence electrons. The summed E-state index contributed by atoms with van der Waals surface area (Å²) >= 11 is 0. The number of carbonyl (C=O) groups is 1. The molecule has 4 nitrogen and oxygen atoms in total. The van der Waals surface area contributed by atoms with E-state index in [0.717, 1.165) is 26.2 Å². The number of piperazine rings is 1. The van der Waals surface area contributed by atoms with Crippen LogP contribution in [0.2, 0.25) is 0 Å². The van der Waals surface area contributed by atoms with Crippen molar-refractivity contribution in [3.8, 4) is 0 Å². The van der Waals surface area contributed by atoms with Gasteiger partial charge in [-0.2, -0.15) is 0 Å². The average Bonchev–Trinajstić information content (AvgIpc) is 2.33. The Hall–Kier alpha value is -1.39. The molecule has 0 spiro atoms. The summed E-state index contributed by atoms with van der Waals surface area (Å²) in [5, 5.41) is 8.83. The number of nitrogens with zero attached hydrogens (tertiary/aromatic N) is 2. The maximum absolute atomic E-state index is 10.7. The molecule has 18 heavy (non-hydrogen) atoms. The van der Waals surface area contributed by atoms with Crippen molar-refractivity contribution >= 4 is 5.97 Å². The zero-order chi connectivity index (χ0) is 13.0. The quantitative estimate of drug-likeness (QED) is 0.871. The number of benzene rings is 1. The van der Waals surface area contributed by atoms with E-state index in [1.54, 1.807) is 0 Å². The SMILES string of the molecule is CC1CN(Cc2ccccc2)CCN1CC(=O)O. The summed E-state index contributed by atoms with van der Waals surface area (Å²) < 4.78 is 0. The smallest absolute Gasteiger partial charge is 0.317 e. The summed E-state index contributed by atoms with van der Waals surface area (Å²) in [7, 11) is 0. The Balaban J connectivity index is 1.86. The largest absolute Gasteiger partial charge is 0.480 e. The maximum atomic E-state index is 10.7. The molecule has 0 amide bonds. The molecule has 1 atom stereocenters. The predicted octanol–water partition coefficient (Wildman–Crippen LogP) is 1.28. The van der Waals surface area contributed by atoms with Gasteiger partial charge in [-0.15, -0.1) is 0 Å². The lowest BCUT2D eigenvalue weighted by Crippen LogP contribution is -2.52. The zero-order valence-electron chi connectivity index (χ0n) is 10.7. The Morgan fingerprint density at radius 2 is 2.06 bits per heavy atom. The van der Waals surface area contributed by atoms with Crippen LogP contribution in [-0.4, -0.2) is 53.1 Å². The van der Waals surface area contributed by atoms with Crippen molar-refractivity contribution < 1.29 is 9.90 Å². The monoisotopic (exact) mass is 248 g/mol. The van der Waals surface area contributed by atoms with E-state index >= 15 is 0 Å². The van der Waals surface area contributed by atoms with Gasteiger partial charge in [0.1, 0.15) is 0 Å². The first-order valence-electron chi connectivity index (χ1n) is 6.37. The highest BCUT2D eigenvalue weighted by atomic mass is 16.4. The molecule has 2 rings (SSSR count). The van der Waals surface area contributed by atoms with Crippen LogP contribution in [0.25, 0.3) is 0 Å². The van der Waals surface area contributed by atoms with Gasteiger partial charge in [-0.1, -0.05) is 30.3 Å². The summed E-state index contributed by atoms with van der Waals surface area (Å²) in [4.78, 5) is 15.1. The second kappa shape index (κ2) is 5.98. The van der Waals surface area contributed by atoms with E-state index in [1.807, 2.05) is 11.0 Å². The minimum atomic E-state index is -0.738. The highest BCUT2D eigenvalue weighted by Gasteiger charge is 2.24. The number of carboxylic acid groups (broad SMARTS) is 1. The Morgan fingerprint density at radius 3 is 2.67 bits per heavy atom. The lowest BCUT2D eigenvalue weighted by atomic mass is 10.1. The highest BCUT2D eigenvalue weighted by molar-refractivity contribution is 5.69. The summed E-state index contributed by atoms with van der Waals surface area (Å²) in [5.74, 6) is -0.738. The topological polar surface area (TPSA) is 43.8 Å². The van der Waals surface area contributed by atoms with Crippen molar-refractivity contribution in [2.45, 2.75) is 19.5 Å². The molecule has 0 aromatic heterocycles. The molecule has 0 bridgehead atoms. The molecule has 1 N–H and O–H groups in total. The molecule has 0 radical (unpaired) electrons. The van der Waals surface area contributed by atoms with Gasteiger partial charge in [0, 0.05) is 32.2 Å². The van der Waals surface area contributed by atoms with Crippen LogP contribution in [0.15, 0.2) is 30.3 Å². The molecule has 0 aliphatic carbocycles. The van der Waals surface area contributed by atoms with Crippen LogP contribution in [-0.2, 0) is 11.3 Å². The van der Waals surface area contributed by atoms with E-state index in [2.05, 4.69) is 36.1 Å². The second-order valence-electron chi connectivity index (χ2n) is 4.93. The van der Waals surface area contributed by atoms with Crippen LogP contribution in [0, 0.1) is 0 Å². The molecular formula is C14H20N2O2. The number of carboxylic acids is 1. The first-order valence-corrected chi connectivity index (χ1v) is 6.37. The van der Waals surface area contributed by atoms with Crippen LogP contribution in [0.5, 0.6) is 0 Å². The fraction of sp³-hybridized carbons (Fsp3) is 0.500. The van der Waals surface area contributed by atoms with Gasteiger partial charge in [0.25, 0.3) is 0 Å². The van der Waals surface area contributed by atoms with Crippen LogP contribution in [0.4, 0.5) is 0 Å². The third-order valence-electron chi connectivity index (χ3n) is 3.44. The molecule has 1 aromatic carbocycles. The fourth-order valence-corrected chi connectivity index (χ4v) is 2.46. The zero-order valence-corrected chi connectivity index (χ0v) is 10.7. The molecule has 1 saturated heterocycles. The van der Waals surface area contributed by atoms with Gasteiger partial charge >= 0.3 is 5.97 Å². The first-order chi connectivity index (χ1) is 8.65. The molecule has 4 heteroatoms. The van der Waals surface area contributed by atoms with E-state index in [9.17, 15) is 4.79 Å². The van der Waals surface area contributed by atoms with Gasteiger partial charge in [0.05, 0.1) is 6.54 Å². The molecular weight excluding hydrogens is 228 g/mol. The molecule has 1 unspecified atom stereocenters. The molecule has 1 heterocycles. The Kier molecular flexibility index (Phi) is 4.33. The standard InChI is InChI=1S/C14H20N2O2/c1-12-9-15(7-8-16(12)11-14(17)18)10-13-5-3-2-4-6-13/h2-6,12H,7-11H2,1H3,(H,17,18). The van der Waals surface area contributed by atoms with Gasteiger partial charge in [-0.05, 0) is 12.5 Å². The van der Waals surface area contributed by atoms with Crippen molar-refractivity contribution in [2.24, 2.45) is 0 Å². The number of hydrogen-bond donors (Lipinski definition) is 1. The van der Waals surface area contributed by atoms with E-state index in [0.29, 0.717) is 6.04 Å². The lowest BCUT2D eigenvalue weighted by Gasteiger charge is -2.39. The normalized spacial score (nSPS) is 21.9. The summed E-state index contributed by atoms with van der Waals surface area (Å²) in [6.45, 7) is 5.90. The lowest BCUT2D eigenvalue weighted by molar-refractivity contribution is -0.139. The third-order valence-corrected chi connectivity index (χ3v) is 3.44. The molecule has 1 aromatic rings. The Morgan fingerprint density at radius 1 is 1.33 bits per heavy atom. The maximum Gasteiger partial charge on any atom is 0.317 e. The van der Waals surface area contributed by atoms with Gasteiger partial charge < -0.3 is 5.11 Å². The Bertz CT molecular complexity index is 394. The minimum absolute atomic E-state index is 0.153. The van der Waals surface area contributed by atoms with E-state index in [-0.39, 0.29) is 6.54 Å². The van der Waals surface area contributed by atoms with Crippen LogP contribution in [0.1, 0.15) is 12.5 Å². The van der Waals surface area contributed by atoms with Crippen molar-refractivity contribution in [2.75, 3.05) is 26.2 Å². The minimum Gasteiger partial charge on any atom is -0.480 e. The number of hydrogen-bond acceptors (Lipinski definition) is 3. The van der Waals surface area contributed by atoms with Gasteiger partial charge in [0.2, 0.25) is 0 Å². The van der Waals surface area contributed by atoms with Crippen molar-refractivity contribution in [3.63, 3.8) is 0 Å². The highest BCUT2D eigenvalue weighted by Crippen LogP contribution is 2.12. The number of aliphatic carboxylic acids is 1. The predicted molar refractivity (Wildman–Crippen MR) is 70.4 cm³/mol. The van der Waals surface area contributed by atoms with Crippen molar-refractivity contribution in [1.29, 1.82) is 0 Å². The first kappa shape index (κ1) is 13.1. The van der Waals surface area contributed by atoms with E-state index < -0.39 is 5.97 Å². The van der Waals surface area contributed by atoms with Gasteiger partial charge in [-0.3, -0.25) is 14.6 Å². The summed E-state index contributed by atoms with van der Waals surface area (Å²) in [6.07, 6.45) is 0. The van der Waals surface area contributed by atoms with Crippen LogP contribution in [0.3, 0.4) is 0 Å². The van der Waals surface area contributed by atoms with Crippen molar-refractivity contribution in [1.82, 2.24) is 9.80 Å². The molecule has 1 fully saturated rings. The molecule has 1 aliphatic rings. The summed E-state index contributed by atoms with van der Waals surface area (Å²) in [6, 6.07) is 10.7. The van der Waals surface area contributed by atoms with Crippen LogP contribution < -0.4 is 0 Å². The molecule has 0 saturated carbocycles. The average molecular weight is 248 g/mol. The third kappa shape index (κ3) is 3.55. The van der Waals surface area contributed by atoms with Crippen molar-refractivity contribution in [3.05, 3.63) is 35.9 Å². The van der Waals surface area contributed by atoms with E-state index in [4.69, 9.17) is 5.11 Å². The van der Waals surface area contributed by atoms with Gasteiger partial charge in [-0.25, -0.2) is 0 Å². The number of rotatable bonds is 4. The van der Waals surface area contributed by atoms with E-state index in [1.165, 1.54) is 5.56 Å². The fourth-order valence-electron chi connectivity index (χ4n) is 2.46. The second-order valence-corrected chi connectivity index (χ2v) is 4.93.